The minimum absolute atomic E-state index is 0.185. The van der Waals surface area contributed by atoms with Crippen molar-refractivity contribution in [3.63, 3.8) is 0 Å². The lowest BCUT2D eigenvalue weighted by atomic mass is 10.1. The molecule has 1 aromatic heterocycles. The Kier molecular flexibility index (Phi) is 7.37. The Morgan fingerprint density at radius 2 is 1.44 bits per heavy atom. The van der Waals surface area contributed by atoms with Crippen LogP contribution in [0.4, 0.5) is 22.2 Å². The lowest BCUT2D eigenvalue weighted by Gasteiger charge is -2.07. The molecule has 10 heteroatoms. The molecule has 4 aromatic carbocycles. The second-order valence-corrected chi connectivity index (χ2v) is 9.67. The predicted molar refractivity (Wildman–Crippen MR) is 163 cm³/mol. The molecule has 6 rings (SSSR count). The van der Waals surface area contributed by atoms with Crippen LogP contribution in [-0.2, 0) is 4.79 Å². The predicted octanol–water partition coefficient (Wildman–Crippen LogP) is 7.45. The Bertz CT molecular complexity index is 1750. The first kappa shape index (κ1) is 25.8. The number of nitrogens with one attached hydrogen (secondary N) is 1. The average Bonchev–Trinajstić information content (AvgIpc) is 3.65. The SMILES string of the molecule is COc1ccc(-c2csc(N3N=C(c4ccccc4)/C(=N/Nc4ccc(N=Nc5ccccc5)cc4)C3=O)n2)cc1. The summed E-state index contributed by atoms with van der Waals surface area (Å²) in [7, 11) is 1.62. The fourth-order valence-electron chi connectivity index (χ4n) is 4.00. The molecule has 0 saturated heterocycles. The van der Waals surface area contributed by atoms with Gasteiger partial charge in [0.25, 0.3) is 0 Å². The number of anilines is 2. The number of hydrogen-bond acceptors (Lipinski definition) is 9. The Morgan fingerprint density at radius 3 is 2.12 bits per heavy atom. The number of ether oxygens (including phenoxy) is 1. The molecular weight excluding hydrogens is 534 g/mol. The van der Waals surface area contributed by atoms with E-state index >= 15 is 0 Å². The zero-order valence-corrected chi connectivity index (χ0v) is 22.7. The molecule has 1 amide bonds. The summed E-state index contributed by atoms with van der Waals surface area (Å²) in [5.41, 5.74) is 8.21. The van der Waals surface area contributed by atoms with Gasteiger partial charge in [-0.1, -0.05) is 48.5 Å². The van der Waals surface area contributed by atoms with Crippen molar-refractivity contribution in [2.45, 2.75) is 0 Å². The smallest absolute Gasteiger partial charge is 0.303 e. The molecule has 1 aliphatic heterocycles. The van der Waals surface area contributed by atoms with Crippen molar-refractivity contribution in [1.29, 1.82) is 0 Å². The summed E-state index contributed by atoms with van der Waals surface area (Å²) in [6.07, 6.45) is 0. The highest BCUT2D eigenvalue weighted by Crippen LogP contribution is 2.31. The summed E-state index contributed by atoms with van der Waals surface area (Å²) >= 11 is 1.33. The van der Waals surface area contributed by atoms with E-state index in [1.807, 2.05) is 115 Å². The number of hydrazone groups is 2. The molecule has 0 aliphatic carbocycles. The summed E-state index contributed by atoms with van der Waals surface area (Å²) in [6.45, 7) is 0. The second kappa shape index (κ2) is 11.7. The Labute approximate surface area is 240 Å². The fourth-order valence-corrected chi connectivity index (χ4v) is 4.78. The largest absolute Gasteiger partial charge is 0.497 e. The standard InChI is InChI=1S/C31H23N7O2S/c1-40-26-18-12-21(13-19-26)27-20-41-31(32-27)38-30(39)29(28(37-38)22-8-4-2-5-9-22)36-35-25-16-14-24(15-17-25)34-33-23-10-6-3-7-11-23/h2-20,35H,1H3/b34-33?,36-29-. The lowest BCUT2D eigenvalue weighted by Crippen LogP contribution is -2.28. The van der Waals surface area contributed by atoms with Gasteiger partial charge in [-0.05, 0) is 60.7 Å². The van der Waals surface area contributed by atoms with Crippen molar-refractivity contribution >= 4 is 50.9 Å². The van der Waals surface area contributed by atoms with E-state index in [1.54, 1.807) is 7.11 Å². The van der Waals surface area contributed by atoms with E-state index in [0.717, 1.165) is 28.3 Å². The topological polar surface area (TPSA) is 104 Å². The van der Waals surface area contributed by atoms with Crippen LogP contribution >= 0.6 is 11.3 Å². The summed E-state index contributed by atoms with van der Waals surface area (Å²) in [4.78, 5) is 18.3. The fraction of sp³-hybridized carbons (Fsp3) is 0.0323. The molecule has 0 bridgehead atoms. The number of carbonyl (C=O) groups is 1. The molecule has 1 N–H and O–H groups in total. The lowest BCUT2D eigenvalue weighted by molar-refractivity contribution is -0.112. The van der Waals surface area contributed by atoms with Crippen molar-refractivity contribution < 1.29 is 9.53 Å². The third kappa shape index (κ3) is 5.77. The Hall–Kier alpha value is -5.48. The summed E-state index contributed by atoms with van der Waals surface area (Å²) in [5, 5.41) is 21.2. The zero-order valence-electron chi connectivity index (χ0n) is 21.9. The molecule has 0 saturated carbocycles. The average molecular weight is 558 g/mol. The third-order valence-electron chi connectivity index (χ3n) is 6.13. The number of azo groups is 1. The van der Waals surface area contributed by atoms with Gasteiger partial charge in [0.2, 0.25) is 5.13 Å². The van der Waals surface area contributed by atoms with Gasteiger partial charge in [0.05, 0.1) is 29.9 Å². The minimum Gasteiger partial charge on any atom is -0.497 e. The Morgan fingerprint density at radius 1 is 0.780 bits per heavy atom. The van der Waals surface area contributed by atoms with Crippen LogP contribution in [-0.4, -0.2) is 29.4 Å². The number of thiazole rings is 1. The van der Waals surface area contributed by atoms with Crippen molar-refractivity contribution in [2.75, 3.05) is 17.5 Å². The summed E-state index contributed by atoms with van der Waals surface area (Å²) in [6, 6.07) is 33.9. The van der Waals surface area contributed by atoms with E-state index in [0.29, 0.717) is 22.2 Å². The number of hydrogen-bond donors (Lipinski definition) is 1. The monoisotopic (exact) mass is 557 g/mol. The first-order chi connectivity index (χ1) is 20.2. The molecule has 0 atom stereocenters. The van der Waals surface area contributed by atoms with Crippen LogP contribution in [0.5, 0.6) is 5.75 Å². The van der Waals surface area contributed by atoms with Crippen LogP contribution < -0.4 is 15.2 Å². The summed E-state index contributed by atoms with van der Waals surface area (Å²) < 4.78 is 5.24. The van der Waals surface area contributed by atoms with Crippen LogP contribution in [0.1, 0.15) is 5.56 Å². The van der Waals surface area contributed by atoms with E-state index in [1.165, 1.54) is 16.3 Å². The van der Waals surface area contributed by atoms with E-state index in [2.05, 4.69) is 30.8 Å². The molecule has 0 unspecified atom stereocenters. The number of amides is 1. The molecule has 200 valence electrons. The third-order valence-corrected chi connectivity index (χ3v) is 6.94. The van der Waals surface area contributed by atoms with Crippen LogP contribution in [0.3, 0.4) is 0 Å². The number of benzene rings is 4. The molecule has 0 spiro atoms. The number of methoxy groups -OCH3 is 1. The maximum Gasteiger partial charge on any atom is 0.303 e. The quantitative estimate of drug-likeness (QED) is 0.158. The molecule has 0 fully saturated rings. The van der Waals surface area contributed by atoms with E-state index in [4.69, 9.17) is 4.74 Å². The highest BCUT2D eigenvalue weighted by molar-refractivity contribution is 7.14. The van der Waals surface area contributed by atoms with E-state index in [-0.39, 0.29) is 11.6 Å². The van der Waals surface area contributed by atoms with Gasteiger partial charge >= 0.3 is 5.91 Å². The first-order valence-electron chi connectivity index (χ1n) is 12.7. The van der Waals surface area contributed by atoms with Crippen molar-refractivity contribution in [3.05, 3.63) is 120 Å². The number of aromatic nitrogens is 1. The van der Waals surface area contributed by atoms with Gasteiger partial charge in [0.15, 0.2) is 5.71 Å². The van der Waals surface area contributed by atoms with E-state index in [9.17, 15) is 4.79 Å². The van der Waals surface area contributed by atoms with Gasteiger partial charge in [-0.2, -0.15) is 25.4 Å². The molecule has 9 nitrogen and oxygen atoms in total. The first-order valence-corrected chi connectivity index (χ1v) is 13.6. The molecule has 0 radical (unpaired) electrons. The highest BCUT2D eigenvalue weighted by Gasteiger charge is 2.35. The van der Waals surface area contributed by atoms with Gasteiger partial charge in [-0.3, -0.25) is 10.2 Å². The zero-order chi connectivity index (χ0) is 28.0. The van der Waals surface area contributed by atoms with Gasteiger partial charge in [0.1, 0.15) is 11.5 Å². The molecule has 41 heavy (non-hydrogen) atoms. The van der Waals surface area contributed by atoms with Crippen molar-refractivity contribution in [3.8, 4) is 17.0 Å². The minimum atomic E-state index is -0.375. The molecule has 5 aromatic rings. The molecular formula is C31H23N7O2S. The van der Waals surface area contributed by atoms with Crippen molar-refractivity contribution in [1.82, 2.24) is 4.98 Å². The second-order valence-electron chi connectivity index (χ2n) is 8.83. The van der Waals surface area contributed by atoms with Crippen LogP contribution in [0.25, 0.3) is 11.3 Å². The Balaban J connectivity index is 1.24. The molecule has 2 heterocycles. The van der Waals surface area contributed by atoms with Crippen LogP contribution in [0.2, 0.25) is 0 Å². The number of rotatable bonds is 8. The number of nitrogens with zero attached hydrogens (tertiary/aromatic N) is 6. The van der Waals surface area contributed by atoms with Gasteiger partial charge in [-0.15, -0.1) is 11.3 Å². The maximum atomic E-state index is 13.6. The van der Waals surface area contributed by atoms with Crippen LogP contribution in [0, 0.1) is 0 Å². The van der Waals surface area contributed by atoms with Gasteiger partial charge < -0.3 is 4.74 Å². The van der Waals surface area contributed by atoms with Crippen molar-refractivity contribution in [2.24, 2.45) is 20.4 Å². The van der Waals surface area contributed by atoms with Crippen LogP contribution in [0.15, 0.2) is 135 Å². The normalized spacial score (nSPS) is 14.1. The summed E-state index contributed by atoms with van der Waals surface area (Å²) in [5.74, 6) is 0.385. The van der Waals surface area contributed by atoms with Gasteiger partial charge in [-0.25, -0.2) is 4.98 Å². The molecule has 1 aliphatic rings. The van der Waals surface area contributed by atoms with Gasteiger partial charge in [0, 0.05) is 16.5 Å². The van der Waals surface area contributed by atoms with E-state index < -0.39 is 0 Å². The number of carbonyl (C=O) groups excluding carboxylic acids is 1. The maximum absolute atomic E-state index is 13.6. The highest BCUT2D eigenvalue weighted by atomic mass is 32.1.